The molecule has 178 valence electrons. The number of nitrogens with one attached hydrogen (secondary N) is 2. The number of carbonyl (C=O) groups is 1. The SMILES string of the molecule is Cc1ccc2c(N)c(C(=O)N[C@H]3COc4c(ccc(N(C)/C=C5/CNCCO5)c4F)C3)sc2n1. The molecule has 5 rings (SSSR count). The van der Waals surface area contributed by atoms with Gasteiger partial charge in [0, 0.05) is 30.9 Å². The van der Waals surface area contributed by atoms with Crippen LogP contribution in [-0.2, 0) is 11.2 Å². The molecule has 0 unspecified atom stereocenters. The predicted octanol–water partition coefficient (Wildman–Crippen LogP) is 2.96. The highest BCUT2D eigenvalue weighted by Gasteiger charge is 2.28. The van der Waals surface area contributed by atoms with Crippen molar-refractivity contribution in [2.24, 2.45) is 0 Å². The molecule has 4 N–H and O–H groups in total. The van der Waals surface area contributed by atoms with Crippen LogP contribution in [0.4, 0.5) is 15.8 Å². The fourth-order valence-electron chi connectivity index (χ4n) is 4.17. The quantitative estimate of drug-likeness (QED) is 0.524. The minimum Gasteiger partial charge on any atom is -0.494 e. The number of fused-ring (bicyclic) bond motifs is 2. The Hall–Kier alpha value is -3.37. The van der Waals surface area contributed by atoms with Gasteiger partial charge in [0.2, 0.25) is 0 Å². The fraction of sp³-hybridized carbons (Fsp3) is 0.333. The van der Waals surface area contributed by atoms with E-state index in [2.05, 4.69) is 15.6 Å². The van der Waals surface area contributed by atoms with Crippen molar-refractivity contribution in [3.8, 4) is 5.75 Å². The number of aromatic nitrogens is 1. The summed E-state index contributed by atoms with van der Waals surface area (Å²) in [5, 5.41) is 6.97. The lowest BCUT2D eigenvalue weighted by atomic mass is 10.0. The van der Waals surface area contributed by atoms with Gasteiger partial charge in [-0.1, -0.05) is 6.07 Å². The number of carbonyl (C=O) groups excluding carboxylic acids is 1. The van der Waals surface area contributed by atoms with E-state index in [9.17, 15) is 4.79 Å². The minimum atomic E-state index is -0.430. The number of morpholine rings is 1. The summed E-state index contributed by atoms with van der Waals surface area (Å²) in [6.45, 7) is 4.05. The molecule has 1 amide bonds. The van der Waals surface area contributed by atoms with E-state index in [0.717, 1.165) is 28.2 Å². The molecular formula is C24H26FN5O3S. The predicted molar refractivity (Wildman–Crippen MR) is 131 cm³/mol. The standard InChI is InChI=1S/C24H26FN5O3S/c1-13-3-5-17-20(26)22(34-24(17)28-13)23(31)29-15-9-14-4-6-18(19(25)21(14)33-12-15)30(2)11-16-10-27-7-8-32-16/h3-6,11,15,27H,7-10,12,26H2,1-2H3,(H,29,31)/b16-11-/t15-/m1/s1. The maximum absolute atomic E-state index is 15.3. The number of nitrogens with zero attached hydrogens (tertiary/aromatic N) is 2. The Morgan fingerprint density at radius 1 is 1.35 bits per heavy atom. The molecule has 2 aliphatic rings. The van der Waals surface area contributed by atoms with Crippen LogP contribution in [0.2, 0.25) is 0 Å². The number of rotatable bonds is 4. The summed E-state index contributed by atoms with van der Waals surface area (Å²) in [6.07, 6.45) is 2.23. The van der Waals surface area contributed by atoms with E-state index in [0.29, 0.717) is 41.4 Å². The molecule has 8 nitrogen and oxygen atoms in total. The Morgan fingerprint density at radius 2 is 2.21 bits per heavy atom. The molecule has 0 aliphatic carbocycles. The third-order valence-electron chi connectivity index (χ3n) is 5.91. The number of nitrogens with two attached hydrogens (primary N) is 1. The molecule has 1 aromatic carbocycles. The molecule has 0 saturated carbocycles. The van der Waals surface area contributed by atoms with Crippen LogP contribution in [0, 0.1) is 12.7 Å². The second kappa shape index (κ2) is 9.11. The maximum Gasteiger partial charge on any atom is 0.263 e. The lowest BCUT2D eigenvalue weighted by Gasteiger charge is -2.28. The van der Waals surface area contributed by atoms with Gasteiger partial charge >= 0.3 is 0 Å². The van der Waals surface area contributed by atoms with Crippen molar-refractivity contribution >= 4 is 38.8 Å². The molecule has 34 heavy (non-hydrogen) atoms. The van der Waals surface area contributed by atoms with Crippen molar-refractivity contribution in [1.82, 2.24) is 15.6 Å². The molecule has 4 heterocycles. The van der Waals surface area contributed by atoms with E-state index in [1.165, 1.54) is 11.3 Å². The molecular weight excluding hydrogens is 457 g/mol. The summed E-state index contributed by atoms with van der Waals surface area (Å²) in [7, 11) is 1.77. The Morgan fingerprint density at radius 3 is 3.00 bits per heavy atom. The van der Waals surface area contributed by atoms with Gasteiger partial charge in [0.15, 0.2) is 11.6 Å². The second-order valence-corrected chi connectivity index (χ2v) is 9.45. The number of anilines is 2. The monoisotopic (exact) mass is 483 g/mol. The number of hydrogen-bond donors (Lipinski definition) is 3. The first-order valence-corrected chi connectivity index (χ1v) is 11.9. The van der Waals surface area contributed by atoms with Crippen molar-refractivity contribution in [2.75, 3.05) is 44.0 Å². The van der Waals surface area contributed by atoms with E-state index >= 15 is 4.39 Å². The van der Waals surface area contributed by atoms with Crippen LogP contribution >= 0.6 is 11.3 Å². The van der Waals surface area contributed by atoms with E-state index in [4.69, 9.17) is 15.2 Å². The van der Waals surface area contributed by atoms with Crippen molar-refractivity contribution in [3.63, 3.8) is 0 Å². The largest absolute Gasteiger partial charge is 0.494 e. The van der Waals surface area contributed by atoms with Gasteiger partial charge in [-0.3, -0.25) is 4.79 Å². The van der Waals surface area contributed by atoms with Gasteiger partial charge in [0.25, 0.3) is 5.91 Å². The summed E-state index contributed by atoms with van der Waals surface area (Å²) in [6, 6.07) is 7.00. The molecule has 2 aliphatic heterocycles. The summed E-state index contributed by atoms with van der Waals surface area (Å²) in [4.78, 5) is 20.2. The molecule has 1 fully saturated rings. The van der Waals surface area contributed by atoms with Gasteiger partial charge in [-0.25, -0.2) is 9.37 Å². The van der Waals surface area contributed by atoms with Gasteiger partial charge in [0.05, 0.1) is 24.0 Å². The Bertz CT molecular complexity index is 1280. The number of hydrogen-bond acceptors (Lipinski definition) is 8. The summed E-state index contributed by atoms with van der Waals surface area (Å²) in [5.41, 5.74) is 8.60. The summed E-state index contributed by atoms with van der Waals surface area (Å²) >= 11 is 1.27. The fourth-order valence-corrected chi connectivity index (χ4v) is 5.21. The van der Waals surface area contributed by atoms with E-state index < -0.39 is 5.82 Å². The minimum absolute atomic E-state index is 0.166. The van der Waals surface area contributed by atoms with Gasteiger partial charge in [0.1, 0.15) is 28.7 Å². The molecule has 3 aromatic rings. The number of aryl methyl sites for hydroxylation is 1. The van der Waals surface area contributed by atoms with Crippen LogP contribution in [0.5, 0.6) is 5.75 Å². The third-order valence-corrected chi connectivity index (χ3v) is 7.03. The van der Waals surface area contributed by atoms with Crippen molar-refractivity contribution in [1.29, 1.82) is 0 Å². The van der Waals surface area contributed by atoms with E-state index in [1.54, 1.807) is 24.2 Å². The highest BCUT2D eigenvalue weighted by molar-refractivity contribution is 7.21. The number of amides is 1. The molecule has 0 spiro atoms. The zero-order valence-electron chi connectivity index (χ0n) is 19.0. The first-order valence-electron chi connectivity index (χ1n) is 11.1. The Kier molecular flexibility index (Phi) is 6.01. The number of halogens is 1. The van der Waals surface area contributed by atoms with Crippen LogP contribution < -0.4 is 26.0 Å². The highest BCUT2D eigenvalue weighted by Crippen LogP contribution is 2.35. The van der Waals surface area contributed by atoms with E-state index in [-0.39, 0.29) is 24.3 Å². The average molecular weight is 484 g/mol. The van der Waals surface area contributed by atoms with Crippen LogP contribution in [0.25, 0.3) is 10.2 Å². The maximum atomic E-state index is 15.3. The van der Waals surface area contributed by atoms with Crippen molar-refractivity contribution in [3.05, 3.63) is 58.2 Å². The number of thiophene rings is 1. The van der Waals surface area contributed by atoms with Crippen LogP contribution in [-0.4, -0.2) is 50.3 Å². The highest BCUT2D eigenvalue weighted by atomic mass is 32.1. The molecule has 2 aromatic heterocycles. The molecule has 0 radical (unpaired) electrons. The number of ether oxygens (including phenoxy) is 2. The van der Waals surface area contributed by atoms with Gasteiger partial charge < -0.3 is 30.7 Å². The third kappa shape index (κ3) is 4.26. The first-order chi connectivity index (χ1) is 16.4. The lowest BCUT2D eigenvalue weighted by Crippen LogP contribution is -2.42. The van der Waals surface area contributed by atoms with Crippen LogP contribution in [0.1, 0.15) is 20.9 Å². The van der Waals surface area contributed by atoms with E-state index in [1.807, 2.05) is 25.1 Å². The van der Waals surface area contributed by atoms with Gasteiger partial charge in [-0.15, -0.1) is 11.3 Å². The zero-order valence-corrected chi connectivity index (χ0v) is 19.8. The van der Waals surface area contributed by atoms with Crippen molar-refractivity contribution < 1.29 is 18.7 Å². The summed E-state index contributed by atoms with van der Waals surface area (Å²) < 4.78 is 26.6. The molecule has 1 saturated heterocycles. The normalized spacial score (nSPS) is 18.8. The molecule has 0 bridgehead atoms. The zero-order chi connectivity index (χ0) is 23.8. The Balaban J connectivity index is 1.30. The second-order valence-electron chi connectivity index (χ2n) is 8.45. The van der Waals surface area contributed by atoms with Gasteiger partial charge in [-0.05, 0) is 37.1 Å². The lowest BCUT2D eigenvalue weighted by molar-refractivity contribution is 0.0919. The smallest absolute Gasteiger partial charge is 0.263 e. The van der Waals surface area contributed by atoms with Crippen LogP contribution in [0.3, 0.4) is 0 Å². The summed E-state index contributed by atoms with van der Waals surface area (Å²) in [5.74, 6) is 0.262. The van der Waals surface area contributed by atoms with Gasteiger partial charge in [-0.2, -0.15) is 0 Å². The number of benzene rings is 1. The topological polar surface area (TPSA) is 102 Å². The number of pyridine rings is 1. The Labute approximate surface area is 200 Å². The first kappa shape index (κ1) is 22.4. The van der Waals surface area contributed by atoms with Crippen LogP contribution in [0.15, 0.2) is 36.2 Å². The van der Waals surface area contributed by atoms with Crippen molar-refractivity contribution in [2.45, 2.75) is 19.4 Å². The molecule has 1 atom stereocenters. The molecule has 10 heteroatoms. The average Bonchev–Trinajstić information content (AvgIpc) is 3.15. The number of nitrogen functional groups attached to an aromatic ring is 1.